The molecule has 0 aliphatic carbocycles. The maximum Gasteiger partial charge on any atom is 0.303 e. The van der Waals surface area contributed by atoms with E-state index in [1.165, 1.54) is 19.3 Å². The van der Waals surface area contributed by atoms with Crippen LogP contribution in [0.4, 0.5) is 0 Å². The van der Waals surface area contributed by atoms with E-state index in [0.717, 1.165) is 32.4 Å². The molecule has 4 heteroatoms. The fraction of sp³-hybridized carbons (Fsp3) is 0.923. The number of ether oxygens (including phenoxy) is 1. The van der Waals surface area contributed by atoms with Crippen LogP contribution in [-0.4, -0.2) is 36.4 Å². The quantitative estimate of drug-likeness (QED) is 0.636. The van der Waals surface area contributed by atoms with Crippen molar-refractivity contribution in [1.29, 1.82) is 0 Å². The van der Waals surface area contributed by atoms with Gasteiger partial charge in [-0.25, -0.2) is 0 Å². The molecule has 0 radical (unpaired) electrons. The van der Waals surface area contributed by atoms with Crippen molar-refractivity contribution in [3.05, 3.63) is 0 Å². The first-order valence-electron chi connectivity index (χ1n) is 6.83. The molecule has 2 aliphatic rings. The summed E-state index contributed by atoms with van der Waals surface area (Å²) in [4.78, 5) is 10.3. The number of carboxylic acid groups (broad SMARTS) is 1. The van der Waals surface area contributed by atoms with Gasteiger partial charge in [-0.05, 0) is 38.6 Å². The van der Waals surface area contributed by atoms with Gasteiger partial charge in [-0.2, -0.15) is 0 Å². The van der Waals surface area contributed by atoms with Crippen molar-refractivity contribution in [2.24, 2.45) is 5.92 Å². The number of hydrogen-bond donors (Lipinski definition) is 2. The Hall–Kier alpha value is -0.610. The van der Waals surface area contributed by atoms with Crippen LogP contribution in [0.3, 0.4) is 0 Å². The van der Waals surface area contributed by atoms with Crippen molar-refractivity contribution in [3.63, 3.8) is 0 Å². The smallest absolute Gasteiger partial charge is 0.303 e. The number of carbonyl (C=O) groups is 1. The number of aliphatic carboxylic acids is 1. The lowest BCUT2D eigenvalue weighted by atomic mass is 9.89. The summed E-state index contributed by atoms with van der Waals surface area (Å²) in [5.41, 5.74) is 0. The van der Waals surface area contributed by atoms with E-state index >= 15 is 0 Å². The van der Waals surface area contributed by atoms with E-state index in [9.17, 15) is 4.79 Å². The minimum atomic E-state index is -0.683. The van der Waals surface area contributed by atoms with Crippen LogP contribution in [0.2, 0.25) is 0 Å². The standard InChI is InChI=1S/C13H23NO3/c15-13(16)4-2-1-3-7-14-9-10-8-11-5-6-12(10)17-11/h10-12,14H,1-9H2,(H,15,16). The van der Waals surface area contributed by atoms with Gasteiger partial charge in [-0.15, -0.1) is 0 Å². The van der Waals surface area contributed by atoms with Crippen LogP contribution in [0.5, 0.6) is 0 Å². The highest BCUT2D eigenvalue weighted by molar-refractivity contribution is 5.66. The molecule has 0 saturated carbocycles. The fourth-order valence-electron chi connectivity index (χ4n) is 2.95. The van der Waals surface area contributed by atoms with Crippen molar-refractivity contribution >= 4 is 5.97 Å². The largest absolute Gasteiger partial charge is 0.481 e. The first kappa shape index (κ1) is 12.8. The van der Waals surface area contributed by atoms with Gasteiger partial charge in [0, 0.05) is 18.9 Å². The van der Waals surface area contributed by atoms with Crippen LogP contribution in [0.25, 0.3) is 0 Å². The molecule has 0 spiro atoms. The summed E-state index contributed by atoms with van der Waals surface area (Å²) in [5.74, 6) is 0.0323. The Morgan fingerprint density at radius 1 is 1.29 bits per heavy atom. The Labute approximate surface area is 103 Å². The summed E-state index contributed by atoms with van der Waals surface area (Å²) in [6.45, 7) is 2.08. The van der Waals surface area contributed by atoms with Gasteiger partial charge in [0.25, 0.3) is 0 Å². The summed E-state index contributed by atoms with van der Waals surface area (Å²) in [7, 11) is 0. The molecule has 3 atom stereocenters. The molecule has 17 heavy (non-hydrogen) atoms. The van der Waals surface area contributed by atoms with E-state index in [-0.39, 0.29) is 0 Å². The number of unbranched alkanes of at least 4 members (excludes halogenated alkanes) is 2. The van der Waals surface area contributed by atoms with Crippen LogP contribution in [0.1, 0.15) is 44.9 Å². The van der Waals surface area contributed by atoms with E-state index in [1.807, 2.05) is 0 Å². The topological polar surface area (TPSA) is 58.6 Å². The van der Waals surface area contributed by atoms with E-state index < -0.39 is 5.97 Å². The zero-order valence-corrected chi connectivity index (χ0v) is 10.4. The highest BCUT2D eigenvalue weighted by Crippen LogP contribution is 2.38. The number of carboxylic acids is 1. The third-order valence-corrected chi connectivity index (χ3v) is 3.88. The maximum atomic E-state index is 10.3. The van der Waals surface area contributed by atoms with Crippen molar-refractivity contribution in [3.8, 4) is 0 Å². The summed E-state index contributed by atoms with van der Waals surface area (Å²) >= 11 is 0. The van der Waals surface area contributed by atoms with Crippen molar-refractivity contribution < 1.29 is 14.6 Å². The SMILES string of the molecule is O=C(O)CCCCCNCC1CC2CCC1O2. The summed E-state index contributed by atoms with van der Waals surface area (Å²) in [6.07, 6.45) is 7.99. The average molecular weight is 241 g/mol. The molecule has 2 fully saturated rings. The number of hydrogen-bond acceptors (Lipinski definition) is 3. The summed E-state index contributed by atoms with van der Waals surface area (Å²) in [5, 5.41) is 12.0. The molecule has 2 saturated heterocycles. The van der Waals surface area contributed by atoms with Crippen LogP contribution < -0.4 is 5.32 Å². The van der Waals surface area contributed by atoms with Crippen LogP contribution in [0.15, 0.2) is 0 Å². The first-order chi connectivity index (χ1) is 8.25. The van der Waals surface area contributed by atoms with E-state index in [1.54, 1.807) is 0 Å². The second-order valence-corrected chi connectivity index (χ2v) is 5.28. The summed E-state index contributed by atoms with van der Waals surface area (Å²) < 4.78 is 5.80. The molecule has 2 rings (SSSR count). The molecule has 0 aromatic rings. The van der Waals surface area contributed by atoms with Crippen LogP contribution >= 0.6 is 0 Å². The maximum absolute atomic E-state index is 10.3. The molecule has 2 bridgehead atoms. The number of nitrogens with one attached hydrogen (secondary N) is 1. The van der Waals surface area contributed by atoms with Gasteiger partial charge < -0.3 is 15.2 Å². The Kier molecular flexibility index (Phi) is 4.80. The molecule has 2 N–H and O–H groups in total. The molecule has 3 unspecified atom stereocenters. The van der Waals surface area contributed by atoms with Crippen molar-refractivity contribution in [2.75, 3.05) is 13.1 Å². The Morgan fingerprint density at radius 3 is 2.82 bits per heavy atom. The van der Waals surface area contributed by atoms with E-state index in [4.69, 9.17) is 9.84 Å². The lowest BCUT2D eigenvalue weighted by molar-refractivity contribution is -0.137. The predicted octanol–water partition coefficient (Wildman–Crippen LogP) is 1.79. The fourth-order valence-corrected chi connectivity index (χ4v) is 2.95. The Bertz CT molecular complexity index is 257. The second kappa shape index (κ2) is 6.36. The van der Waals surface area contributed by atoms with Gasteiger partial charge in [0.2, 0.25) is 0 Å². The van der Waals surface area contributed by atoms with Gasteiger partial charge in [0.1, 0.15) is 0 Å². The van der Waals surface area contributed by atoms with Crippen LogP contribution in [-0.2, 0) is 9.53 Å². The third-order valence-electron chi connectivity index (χ3n) is 3.88. The molecule has 4 nitrogen and oxygen atoms in total. The lowest BCUT2D eigenvalue weighted by Crippen LogP contribution is -2.30. The monoisotopic (exact) mass is 241 g/mol. The van der Waals surface area contributed by atoms with Gasteiger partial charge in [-0.1, -0.05) is 6.42 Å². The molecule has 2 heterocycles. The predicted molar refractivity (Wildman–Crippen MR) is 65.0 cm³/mol. The highest BCUT2D eigenvalue weighted by atomic mass is 16.5. The van der Waals surface area contributed by atoms with E-state index in [2.05, 4.69) is 5.32 Å². The second-order valence-electron chi connectivity index (χ2n) is 5.28. The van der Waals surface area contributed by atoms with Crippen molar-refractivity contribution in [1.82, 2.24) is 5.32 Å². The van der Waals surface area contributed by atoms with Gasteiger partial charge >= 0.3 is 5.97 Å². The third kappa shape index (κ3) is 3.96. The lowest BCUT2D eigenvalue weighted by Gasteiger charge is -2.18. The summed E-state index contributed by atoms with van der Waals surface area (Å²) in [6, 6.07) is 0. The molecule has 2 aliphatic heterocycles. The molecule has 98 valence electrons. The average Bonchev–Trinajstić information content (AvgIpc) is 2.89. The minimum Gasteiger partial charge on any atom is -0.481 e. The molecule has 0 amide bonds. The van der Waals surface area contributed by atoms with Crippen LogP contribution in [0, 0.1) is 5.92 Å². The van der Waals surface area contributed by atoms with Gasteiger partial charge in [0.05, 0.1) is 12.2 Å². The molecular weight excluding hydrogens is 218 g/mol. The first-order valence-corrected chi connectivity index (χ1v) is 6.83. The zero-order chi connectivity index (χ0) is 12.1. The molecule has 0 aromatic heterocycles. The molecule has 0 aromatic carbocycles. The van der Waals surface area contributed by atoms with Gasteiger partial charge in [0.15, 0.2) is 0 Å². The van der Waals surface area contributed by atoms with Crippen molar-refractivity contribution in [2.45, 2.75) is 57.2 Å². The number of fused-ring (bicyclic) bond motifs is 2. The minimum absolute atomic E-state index is 0.306. The zero-order valence-electron chi connectivity index (χ0n) is 10.4. The Morgan fingerprint density at radius 2 is 2.18 bits per heavy atom. The van der Waals surface area contributed by atoms with Gasteiger partial charge in [-0.3, -0.25) is 4.79 Å². The normalized spacial score (nSPS) is 30.9. The Balaban J connectivity index is 1.43. The molecular formula is C13H23NO3. The number of rotatable bonds is 8. The highest BCUT2D eigenvalue weighted by Gasteiger charge is 2.40. The van der Waals surface area contributed by atoms with E-state index in [0.29, 0.717) is 24.5 Å².